The number of aromatic nitrogens is 5. The van der Waals surface area contributed by atoms with E-state index in [1.54, 1.807) is 7.05 Å². The van der Waals surface area contributed by atoms with Crippen molar-refractivity contribution in [1.29, 1.82) is 0 Å². The van der Waals surface area contributed by atoms with Crippen molar-refractivity contribution in [2.24, 2.45) is 12.8 Å². The molecule has 4 rings (SSSR count). The van der Waals surface area contributed by atoms with Crippen molar-refractivity contribution in [2.45, 2.75) is 22.6 Å². The van der Waals surface area contributed by atoms with Gasteiger partial charge in [0.25, 0.3) is 5.91 Å². The molecule has 14 nitrogen and oxygen atoms in total. The Balaban J connectivity index is 1.41. The number of hydrogen-bond donors (Lipinski definition) is 4. The number of halogens is 1. The zero-order valence-electron chi connectivity index (χ0n) is 17.9. The lowest BCUT2D eigenvalue weighted by Crippen LogP contribution is -2.71. The van der Waals surface area contributed by atoms with E-state index in [1.165, 1.54) is 38.5 Å². The molecule has 0 aliphatic carbocycles. The summed E-state index contributed by atoms with van der Waals surface area (Å²) < 4.78 is 1.46. The van der Waals surface area contributed by atoms with Gasteiger partial charge < -0.3 is 21.5 Å². The zero-order valence-corrected chi connectivity index (χ0v) is 21.1. The minimum Gasteiger partial charge on any atom is -0.477 e. The van der Waals surface area contributed by atoms with Crippen LogP contribution in [0, 0.1) is 0 Å². The molecule has 0 bridgehead atoms. The minimum atomic E-state index is -1.23. The van der Waals surface area contributed by atoms with Crippen LogP contribution >= 0.6 is 46.5 Å². The van der Waals surface area contributed by atoms with Crippen LogP contribution < -0.4 is 16.4 Å². The van der Waals surface area contributed by atoms with Crippen molar-refractivity contribution >= 4 is 75.3 Å². The molecular weight excluding hydrogens is 542 g/mol. The van der Waals surface area contributed by atoms with Gasteiger partial charge in [0.1, 0.15) is 29.0 Å². The number of rotatable bonds is 9. The van der Waals surface area contributed by atoms with Gasteiger partial charge in [-0.2, -0.15) is 0 Å². The molecule has 5 N–H and O–H groups in total. The van der Waals surface area contributed by atoms with Gasteiger partial charge in [0, 0.05) is 23.9 Å². The van der Waals surface area contributed by atoms with Crippen LogP contribution in [0.1, 0.15) is 11.7 Å². The monoisotopic (exact) mass is 559 g/mol. The number of nitrogens with one attached hydrogen (secondary N) is 2. The number of tetrazole rings is 1. The number of nitrogens with zero attached hydrogens (tertiary/aromatic N) is 6. The molecule has 2 aliphatic heterocycles. The first kappa shape index (κ1) is 25.4. The van der Waals surface area contributed by atoms with Crippen molar-refractivity contribution in [1.82, 2.24) is 35.4 Å². The Morgan fingerprint density at radius 1 is 1.43 bits per heavy atom. The van der Waals surface area contributed by atoms with Gasteiger partial charge in [0.15, 0.2) is 5.13 Å². The van der Waals surface area contributed by atoms with Gasteiger partial charge in [-0.25, -0.2) is 14.5 Å². The predicted molar refractivity (Wildman–Crippen MR) is 128 cm³/mol. The van der Waals surface area contributed by atoms with E-state index in [4.69, 9.17) is 17.3 Å². The largest absolute Gasteiger partial charge is 0.477 e. The molecule has 0 aromatic carbocycles. The number of carbonyl (C=O) groups is 4. The van der Waals surface area contributed by atoms with Gasteiger partial charge in [0.05, 0.1) is 5.69 Å². The summed E-state index contributed by atoms with van der Waals surface area (Å²) in [6.07, 6.45) is 0. The summed E-state index contributed by atoms with van der Waals surface area (Å²) in [4.78, 5) is 54.2. The van der Waals surface area contributed by atoms with Gasteiger partial charge in [-0.3, -0.25) is 19.3 Å². The standard InChI is InChI=1S/C17H18ClN9O5S3/c1-26-17(23-24-25-26)35-4-6-3-33-14-10(13(30)27(14)11(6)15(31)32)22-12(29)9(19)7-5-34-16(20-7)21-8(28)2-18/h5,9-10,14H,2-4,19H2,1H3,(H,22,29)(H,31,32)(H,20,21,28)/t9?,10?,14-/m1/s1. The Kier molecular flexibility index (Phi) is 7.60. The Morgan fingerprint density at radius 3 is 2.86 bits per heavy atom. The number of anilines is 1. The number of amides is 3. The Hall–Kier alpha value is -2.73. The maximum Gasteiger partial charge on any atom is 0.352 e. The minimum absolute atomic E-state index is 0.102. The number of fused-ring (bicyclic) bond motifs is 1. The molecule has 2 aromatic heterocycles. The Labute approximate surface area is 215 Å². The van der Waals surface area contributed by atoms with E-state index in [2.05, 4.69) is 31.1 Å². The number of β-lactam (4-membered cyclic amide) rings is 1. The molecule has 3 amide bonds. The first-order chi connectivity index (χ1) is 16.7. The number of hydrogen-bond acceptors (Lipinski definition) is 12. The quantitative estimate of drug-likeness (QED) is 0.173. The van der Waals surface area contributed by atoms with E-state index < -0.39 is 41.1 Å². The molecule has 0 radical (unpaired) electrons. The molecule has 4 heterocycles. The average molecular weight is 560 g/mol. The molecule has 18 heteroatoms. The zero-order chi connectivity index (χ0) is 25.3. The molecule has 1 fully saturated rings. The first-order valence-corrected chi connectivity index (χ1v) is 13.3. The van der Waals surface area contributed by atoms with Crippen molar-refractivity contribution in [3.05, 3.63) is 22.3 Å². The SMILES string of the molecule is Cn1nnnc1SCC1=C(C(=O)O)N2C(=O)C(NC(=O)C(N)c3csc(NC(=O)CCl)n3)[C@H]2SC1. The first-order valence-electron chi connectivity index (χ1n) is 9.83. The van der Waals surface area contributed by atoms with E-state index >= 15 is 0 Å². The highest BCUT2D eigenvalue weighted by Crippen LogP contribution is 2.41. The number of thioether (sulfide) groups is 2. The second-order valence-corrected chi connectivity index (χ2v) is 10.4. The van der Waals surface area contributed by atoms with Crippen LogP contribution in [-0.2, 0) is 26.2 Å². The third-order valence-electron chi connectivity index (χ3n) is 5.00. The van der Waals surface area contributed by atoms with E-state index in [0.29, 0.717) is 16.5 Å². The van der Waals surface area contributed by atoms with Crippen molar-refractivity contribution < 1.29 is 24.3 Å². The smallest absolute Gasteiger partial charge is 0.352 e. The normalized spacial score (nSPS) is 20.2. The summed E-state index contributed by atoms with van der Waals surface area (Å²) in [6, 6.07) is -2.12. The average Bonchev–Trinajstić information content (AvgIpc) is 3.48. The van der Waals surface area contributed by atoms with Gasteiger partial charge in [0.2, 0.25) is 17.0 Å². The number of thiazole rings is 1. The number of nitrogens with two attached hydrogens (primary N) is 1. The fraction of sp³-hybridized carbons (Fsp3) is 0.412. The van der Waals surface area contributed by atoms with Gasteiger partial charge in [-0.15, -0.1) is 39.8 Å². The molecule has 2 aliphatic rings. The maximum absolute atomic E-state index is 12.8. The summed E-state index contributed by atoms with van der Waals surface area (Å²) in [5, 5.41) is 27.6. The number of aryl methyl sites for hydroxylation is 1. The van der Waals surface area contributed by atoms with Crippen LogP contribution in [0.3, 0.4) is 0 Å². The van der Waals surface area contributed by atoms with Gasteiger partial charge in [-0.05, 0) is 16.0 Å². The second-order valence-electron chi connectivity index (χ2n) is 7.26. The van der Waals surface area contributed by atoms with Gasteiger partial charge >= 0.3 is 5.97 Å². The Morgan fingerprint density at radius 2 is 2.20 bits per heavy atom. The third kappa shape index (κ3) is 5.13. The highest BCUT2D eigenvalue weighted by atomic mass is 35.5. The van der Waals surface area contributed by atoms with Crippen LogP contribution in [0.15, 0.2) is 21.8 Å². The molecule has 2 unspecified atom stereocenters. The highest BCUT2D eigenvalue weighted by molar-refractivity contribution is 8.01. The summed E-state index contributed by atoms with van der Waals surface area (Å²) in [5.74, 6) is -2.49. The van der Waals surface area contributed by atoms with Crippen LogP contribution in [0.4, 0.5) is 5.13 Å². The molecule has 3 atom stereocenters. The second kappa shape index (κ2) is 10.5. The predicted octanol–water partition coefficient (Wildman–Crippen LogP) is -0.625. The summed E-state index contributed by atoms with van der Waals surface area (Å²) in [6.45, 7) is 0. The third-order valence-corrected chi connectivity index (χ3v) is 8.45. The van der Waals surface area contributed by atoms with Crippen molar-refractivity contribution in [2.75, 3.05) is 22.7 Å². The topological polar surface area (TPSA) is 198 Å². The summed E-state index contributed by atoms with van der Waals surface area (Å²) in [5.41, 5.74) is 6.65. The number of carbonyl (C=O) groups excluding carboxylic acids is 3. The van der Waals surface area contributed by atoms with Crippen molar-refractivity contribution in [3.63, 3.8) is 0 Å². The van der Waals surface area contributed by atoms with E-state index in [0.717, 1.165) is 11.3 Å². The number of alkyl halides is 1. The van der Waals surface area contributed by atoms with Crippen LogP contribution in [0.5, 0.6) is 0 Å². The molecule has 186 valence electrons. The highest BCUT2D eigenvalue weighted by Gasteiger charge is 2.54. The molecule has 0 spiro atoms. The lowest BCUT2D eigenvalue weighted by Gasteiger charge is -2.49. The van der Waals surface area contributed by atoms with Crippen LogP contribution in [0.2, 0.25) is 0 Å². The molecule has 35 heavy (non-hydrogen) atoms. The van der Waals surface area contributed by atoms with Gasteiger partial charge in [-0.1, -0.05) is 11.8 Å². The van der Waals surface area contributed by atoms with Crippen LogP contribution in [0.25, 0.3) is 0 Å². The number of carboxylic acid groups (broad SMARTS) is 1. The lowest BCUT2D eigenvalue weighted by atomic mass is 10.0. The Bertz CT molecular complexity index is 1220. The van der Waals surface area contributed by atoms with Crippen LogP contribution in [-0.4, -0.2) is 87.7 Å². The summed E-state index contributed by atoms with van der Waals surface area (Å²) >= 11 is 9.12. The lowest BCUT2D eigenvalue weighted by molar-refractivity contribution is -0.150. The molecular formula is C17H18ClN9O5S3. The molecule has 2 aromatic rings. The fourth-order valence-corrected chi connectivity index (χ4v) is 6.47. The fourth-order valence-electron chi connectivity index (χ4n) is 3.31. The maximum atomic E-state index is 12.8. The molecule has 0 saturated carbocycles. The molecule has 1 saturated heterocycles. The van der Waals surface area contributed by atoms with E-state index in [9.17, 15) is 24.3 Å². The number of aliphatic carboxylic acids is 1. The van der Waals surface area contributed by atoms with E-state index in [1.807, 2.05) is 0 Å². The van der Waals surface area contributed by atoms with Crippen molar-refractivity contribution in [3.8, 4) is 0 Å². The van der Waals surface area contributed by atoms with E-state index in [-0.39, 0.29) is 28.2 Å². The number of carboxylic acids is 1. The summed E-state index contributed by atoms with van der Waals surface area (Å²) in [7, 11) is 1.67.